The molecule has 0 aliphatic carbocycles. The normalized spacial score (nSPS) is 13.1. The standard InChI is InChI=1S/C87H78BN3O/c1-58(2)71-38-26-39-72-73-40-27-41-78(83(73)92-82(71)72)89(67-36-24-15-25-37-67)70-56-79-81-80(57-70)91(69-50-44-64(45-51-69)85(5,6)60-30-18-12-19-31-60)77-53-47-66(87(9,10)62-34-22-14-23-35-62)55-75(77)88(81)74-54-65(86(7,8)61-32-20-13-21-33-61)46-52-76(74)90(79)68-48-42-63(43-49-68)84(3,4)59-28-16-11-17-29-59/h11-58H,1-10H3. The first-order valence-electron chi connectivity index (χ1n) is 32.8. The Morgan fingerprint density at radius 3 is 1.10 bits per heavy atom. The van der Waals surface area contributed by atoms with Gasteiger partial charge in [0.1, 0.15) is 5.58 Å². The quantitative estimate of drug-likeness (QED) is 0.101. The van der Waals surface area contributed by atoms with Crippen LogP contribution >= 0.6 is 0 Å². The fraction of sp³-hybridized carbons (Fsp3) is 0.172. The van der Waals surface area contributed by atoms with Crippen LogP contribution in [0.5, 0.6) is 0 Å². The molecule has 15 rings (SSSR count). The summed E-state index contributed by atoms with van der Waals surface area (Å²) < 4.78 is 7.29. The van der Waals surface area contributed by atoms with Gasteiger partial charge in [-0.1, -0.05) is 288 Å². The molecule has 0 N–H and O–H groups in total. The van der Waals surface area contributed by atoms with Crippen LogP contribution in [0.25, 0.3) is 21.9 Å². The zero-order valence-corrected chi connectivity index (χ0v) is 54.5. The fourth-order valence-corrected chi connectivity index (χ4v) is 15.1. The minimum atomic E-state index is -0.321. The van der Waals surface area contributed by atoms with Crippen LogP contribution in [0.2, 0.25) is 0 Å². The monoisotopic (exact) mass is 1190 g/mol. The highest BCUT2D eigenvalue weighted by atomic mass is 16.3. The molecule has 5 heteroatoms. The number of hydrogen-bond donors (Lipinski definition) is 0. The molecule has 92 heavy (non-hydrogen) atoms. The molecule has 0 unspecified atom stereocenters. The molecule has 3 heterocycles. The van der Waals surface area contributed by atoms with Gasteiger partial charge in [-0.15, -0.1) is 0 Å². The van der Waals surface area contributed by atoms with E-state index in [0.717, 1.165) is 73.1 Å². The summed E-state index contributed by atoms with van der Waals surface area (Å²) in [6.45, 7) is 23.2. The highest BCUT2D eigenvalue weighted by Crippen LogP contribution is 2.52. The first-order chi connectivity index (χ1) is 44.5. The molecular weight excluding hydrogens is 1110 g/mol. The predicted octanol–water partition coefficient (Wildman–Crippen LogP) is 21.6. The maximum absolute atomic E-state index is 7.29. The zero-order chi connectivity index (χ0) is 63.3. The van der Waals surface area contributed by atoms with E-state index in [-0.39, 0.29) is 34.3 Å². The van der Waals surface area contributed by atoms with Gasteiger partial charge >= 0.3 is 0 Å². The second-order valence-corrected chi connectivity index (χ2v) is 27.9. The molecule has 1 aromatic heterocycles. The molecule has 4 nitrogen and oxygen atoms in total. The van der Waals surface area contributed by atoms with Crippen molar-refractivity contribution < 1.29 is 4.42 Å². The van der Waals surface area contributed by atoms with Gasteiger partial charge in [-0.3, -0.25) is 0 Å². The van der Waals surface area contributed by atoms with Crippen molar-refractivity contribution >= 4 is 96.2 Å². The molecule has 0 spiro atoms. The van der Waals surface area contributed by atoms with E-state index in [1.165, 1.54) is 66.5 Å². The van der Waals surface area contributed by atoms with E-state index in [1.54, 1.807) is 0 Å². The van der Waals surface area contributed by atoms with E-state index in [4.69, 9.17) is 4.42 Å². The van der Waals surface area contributed by atoms with Gasteiger partial charge in [0.15, 0.2) is 5.58 Å². The van der Waals surface area contributed by atoms with Crippen molar-refractivity contribution in [2.45, 2.75) is 96.8 Å². The lowest BCUT2D eigenvalue weighted by atomic mass is 9.33. The first kappa shape index (κ1) is 58.3. The number of hydrogen-bond acceptors (Lipinski definition) is 4. The Morgan fingerprint density at radius 1 is 0.326 bits per heavy atom. The van der Waals surface area contributed by atoms with E-state index in [1.807, 2.05) is 0 Å². The van der Waals surface area contributed by atoms with Gasteiger partial charge in [0.05, 0.1) is 11.4 Å². The van der Waals surface area contributed by atoms with Crippen LogP contribution in [0.1, 0.15) is 125 Å². The van der Waals surface area contributed by atoms with Crippen molar-refractivity contribution in [2.75, 3.05) is 14.7 Å². The zero-order valence-electron chi connectivity index (χ0n) is 54.5. The van der Waals surface area contributed by atoms with E-state index < -0.39 is 0 Å². The average molecular weight is 1190 g/mol. The van der Waals surface area contributed by atoms with Crippen molar-refractivity contribution in [2.24, 2.45) is 0 Å². The van der Waals surface area contributed by atoms with Crippen molar-refractivity contribution in [1.29, 1.82) is 0 Å². The van der Waals surface area contributed by atoms with Gasteiger partial charge in [0.2, 0.25) is 0 Å². The van der Waals surface area contributed by atoms with Gasteiger partial charge in [0, 0.05) is 72.2 Å². The molecule has 0 radical (unpaired) electrons. The molecular formula is C87H78BN3O. The third-order valence-electron chi connectivity index (χ3n) is 20.8. The highest BCUT2D eigenvalue weighted by molar-refractivity contribution is 7.00. The number of anilines is 9. The smallest absolute Gasteiger partial charge is 0.252 e. The van der Waals surface area contributed by atoms with Gasteiger partial charge in [0.25, 0.3) is 6.71 Å². The Bertz CT molecular complexity index is 4650. The molecule has 2 aliphatic heterocycles. The Kier molecular flexibility index (Phi) is 14.2. The second kappa shape index (κ2) is 22.4. The third kappa shape index (κ3) is 9.58. The lowest BCUT2D eigenvalue weighted by Crippen LogP contribution is -2.61. The molecule has 450 valence electrons. The number of fused-ring (bicyclic) bond motifs is 7. The molecule has 0 fully saturated rings. The molecule has 0 bridgehead atoms. The first-order valence-corrected chi connectivity index (χ1v) is 32.8. The molecule has 0 saturated carbocycles. The third-order valence-corrected chi connectivity index (χ3v) is 20.8. The van der Waals surface area contributed by atoms with Crippen LogP contribution in [-0.4, -0.2) is 6.71 Å². The molecule has 0 saturated heterocycles. The van der Waals surface area contributed by atoms with Crippen LogP contribution in [-0.2, 0) is 21.7 Å². The number of benzene rings is 12. The van der Waals surface area contributed by atoms with Gasteiger partial charge < -0.3 is 19.1 Å². The summed E-state index contributed by atoms with van der Waals surface area (Å²) >= 11 is 0. The summed E-state index contributed by atoms with van der Waals surface area (Å²) in [5.74, 6) is 0.273. The van der Waals surface area contributed by atoms with Gasteiger partial charge in [-0.2, -0.15) is 0 Å². The summed E-state index contributed by atoms with van der Waals surface area (Å²) in [6.07, 6.45) is 0. The molecule has 0 atom stereocenters. The average Bonchev–Trinajstić information content (AvgIpc) is 0.792. The predicted molar refractivity (Wildman–Crippen MR) is 391 cm³/mol. The van der Waals surface area contributed by atoms with E-state index in [0.29, 0.717) is 0 Å². The Labute approximate surface area is 544 Å². The molecule has 12 aromatic carbocycles. The SMILES string of the molecule is CC(C)c1cccc2c1oc1c(N(c3ccccc3)c3cc4c5c(c3)N(c3ccc(C(C)(C)c6ccccc6)cc3)c3ccc(C(C)(C)c6ccccc6)cc3B5c3cc(C(C)(C)c5ccccc5)ccc3N4c3ccc(C(C)(C)c4ccccc4)cc3)cccc12. The van der Waals surface area contributed by atoms with Crippen LogP contribution in [0, 0.1) is 0 Å². The number of furan rings is 1. The number of para-hydroxylation sites is 3. The van der Waals surface area contributed by atoms with Crippen LogP contribution in [0.4, 0.5) is 51.2 Å². The topological polar surface area (TPSA) is 22.9 Å². The Hall–Kier alpha value is -10.1. The summed E-state index contributed by atoms with van der Waals surface area (Å²) in [5.41, 5.74) is 25.5. The Morgan fingerprint density at radius 2 is 0.685 bits per heavy atom. The summed E-state index contributed by atoms with van der Waals surface area (Å²) in [6, 6.07) is 107. The van der Waals surface area contributed by atoms with Crippen molar-refractivity contribution in [3.63, 3.8) is 0 Å². The maximum Gasteiger partial charge on any atom is 0.252 e. The highest BCUT2D eigenvalue weighted by Gasteiger charge is 2.46. The van der Waals surface area contributed by atoms with Crippen molar-refractivity contribution in [3.8, 4) is 0 Å². The van der Waals surface area contributed by atoms with Crippen LogP contribution in [0.15, 0.2) is 290 Å². The van der Waals surface area contributed by atoms with Crippen LogP contribution in [0.3, 0.4) is 0 Å². The van der Waals surface area contributed by atoms with Crippen LogP contribution < -0.4 is 31.1 Å². The van der Waals surface area contributed by atoms with E-state index >= 15 is 0 Å². The lowest BCUT2D eigenvalue weighted by Gasteiger charge is -2.46. The molecule has 2 aliphatic rings. The summed E-state index contributed by atoms with van der Waals surface area (Å²) in [7, 11) is 0. The summed E-state index contributed by atoms with van der Waals surface area (Å²) in [4.78, 5) is 7.61. The van der Waals surface area contributed by atoms with Crippen molar-refractivity contribution in [1.82, 2.24) is 0 Å². The fourth-order valence-electron chi connectivity index (χ4n) is 15.1. The second-order valence-electron chi connectivity index (χ2n) is 27.9. The summed E-state index contributed by atoms with van der Waals surface area (Å²) in [5, 5.41) is 2.21. The van der Waals surface area contributed by atoms with Crippen molar-refractivity contribution in [3.05, 3.63) is 335 Å². The van der Waals surface area contributed by atoms with Gasteiger partial charge in [-0.05, 0) is 139 Å². The minimum Gasteiger partial charge on any atom is -0.454 e. The van der Waals surface area contributed by atoms with E-state index in [2.05, 4.69) is 369 Å². The largest absolute Gasteiger partial charge is 0.454 e. The minimum absolute atomic E-state index is 0.185. The Balaban J connectivity index is 1.05. The molecule has 0 amide bonds. The molecule has 13 aromatic rings. The number of rotatable bonds is 14. The lowest BCUT2D eigenvalue weighted by molar-refractivity contribution is 0.641. The van der Waals surface area contributed by atoms with Gasteiger partial charge in [-0.25, -0.2) is 0 Å². The maximum atomic E-state index is 7.29. The van der Waals surface area contributed by atoms with E-state index in [9.17, 15) is 0 Å². The number of nitrogens with zero attached hydrogens (tertiary/aromatic N) is 3.